The second-order valence-electron chi connectivity index (χ2n) is 12.4. The first kappa shape index (κ1) is 27.7. The average molecular weight is 493 g/mol. The van der Waals surface area contributed by atoms with E-state index in [1.807, 2.05) is 18.7 Å². The van der Waals surface area contributed by atoms with Gasteiger partial charge in [-0.1, -0.05) is 39.7 Å². The topological polar surface area (TPSA) is 107 Å². The third kappa shape index (κ3) is 5.15. The summed E-state index contributed by atoms with van der Waals surface area (Å²) in [5.41, 5.74) is -1.63. The van der Waals surface area contributed by atoms with Crippen molar-refractivity contribution in [3.63, 3.8) is 0 Å². The standard InChI is InChI=1S/C27H44N2O6/c1-7-14-29(26(5,6)17-25(2,3)4)23(32)21-27-13-12-18(35-27)19(24(33)34)20(27)22(31)28(21)15-10-8-9-11-16-30/h7,18-21,30H,1,8-17H2,2-6H3,(H,33,34)/t18-,19+,20+,21?,27?/m1/s1. The van der Waals surface area contributed by atoms with Gasteiger partial charge in [0.1, 0.15) is 11.6 Å². The Morgan fingerprint density at radius 1 is 1.20 bits per heavy atom. The number of hydrogen-bond donors (Lipinski definition) is 2. The van der Waals surface area contributed by atoms with Crippen molar-refractivity contribution in [2.75, 3.05) is 19.7 Å². The number of ether oxygens (including phenoxy) is 1. The first-order valence-corrected chi connectivity index (χ1v) is 13.0. The van der Waals surface area contributed by atoms with Crippen LogP contribution in [0.3, 0.4) is 0 Å². The van der Waals surface area contributed by atoms with Crippen LogP contribution in [0.25, 0.3) is 0 Å². The number of carbonyl (C=O) groups excluding carboxylic acids is 2. The molecule has 2 N–H and O–H groups in total. The SMILES string of the molecule is C=CCN(C(=O)C1N(CCCCCCO)C(=O)[C@@H]2[C@@H](C(=O)O)[C@H]3CCC12O3)C(C)(C)CC(C)(C)C. The fourth-order valence-corrected chi connectivity index (χ4v) is 7.01. The van der Waals surface area contributed by atoms with Crippen LogP contribution in [0.4, 0.5) is 0 Å². The van der Waals surface area contributed by atoms with E-state index in [0.29, 0.717) is 38.8 Å². The van der Waals surface area contributed by atoms with Crippen molar-refractivity contribution >= 4 is 17.8 Å². The van der Waals surface area contributed by atoms with Crippen molar-refractivity contribution in [2.24, 2.45) is 17.3 Å². The monoisotopic (exact) mass is 492 g/mol. The maximum Gasteiger partial charge on any atom is 0.310 e. The highest BCUT2D eigenvalue weighted by Crippen LogP contribution is 2.58. The zero-order valence-electron chi connectivity index (χ0n) is 22.1. The number of amides is 2. The molecule has 5 atom stereocenters. The molecule has 3 heterocycles. The Hall–Kier alpha value is -1.93. The zero-order chi connectivity index (χ0) is 26.2. The normalized spacial score (nSPS) is 30.0. The lowest BCUT2D eigenvalue weighted by molar-refractivity contribution is -0.153. The van der Waals surface area contributed by atoms with E-state index >= 15 is 0 Å². The number of carboxylic acid groups (broad SMARTS) is 1. The number of likely N-dealkylation sites (tertiary alicyclic amines) is 1. The van der Waals surface area contributed by atoms with Gasteiger partial charge in [-0.3, -0.25) is 14.4 Å². The fourth-order valence-electron chi connectivity index (χ4n) is 7.01. The fraction of sp³-hybridized carbons (Fsp3) is 0.815. The highest BCUT2D eigenvalue weighted by atomic mass is 16.5. The van der Waals surface area contributed by atoms with Crippen molar-refractivity contribution in [2.45, 2.75) is 103 Å². The molecule has 3 aliphatic rings. The number of nitrogens with zero attached hydrogens (tertiary/aromatic N) is 2. The number of aliphatic carboxylic acids is 1. The van der Waals surface area contributed by atoms with Crippen LogP contribution in [0.5, 0.6) is 0 Å². The molecule has 3 aliphatic heterocycles. The molecule has 3 rings (SSSR count). The quantitative estimate of drug-likeness (QED) is 0.320. The van der Waals surface area contributed by atoms with Gasteiger partial charge in [-0.25, -0.2) is 0 Å². The van der Waals surface area contributed by atoms with Crippen LogP contribution >= 0.6 is 0 Å². The largest absolute Gasteiger partial charge is 0.481 e. The van der Waals surface area contributed by atoms with Crippen LogP contribution in [-0.2, 0) is 19.1 Å². The van der Waals surface area contributed by atoms with Crippen LogP contribution in [-0.4, -0.2) is 80.8 Å². The van der Waals surface area contributed by atoms with E-state index in [4.69, 9.17) is 9.84 Å². The van der Waals surface area contributed by atoms with E-state index in [2.05, 4.69) is 27.4 Å². The highest BCUT2D eigenvalue weighted by Gasteiger charge is 2.75. The molecule has 0 aromatic heterocycles. The number of fused-ring (bicyclic) bond motifs is 1. The predicted molar refractivity (Wildman–Crippen MR) is 133 cm³/mol. The van der Waals surface area contributed by atoms with Gasteiger partial charge in [0.2, 0.25) is 11.8 Å². The lowest BCUT2D eigenvalue weighted by Gasteiger charge is -2.45. The summed E-state index contributed by atoms with van der Waals surface area (Å²) in [4.78, 5) is 43.7. The van der Waals surface area contributed by atoms with Gasteiger partial charge in [-0.05, 0) is 51.4 Å². The molecule has 0 aliphatic carbocycles. The Labute approximate surface area is 209 Å². The average Bonchev–Trinajstić information content (AvgIpc) is 3.37. The minimum Gasteiger partial charge on any atom is -0.481 e. The molecule has 0 radical (unpaired) electrons. The summed E-state index contributed by atoms with van der Waals surface area (Å²) >= 11 is 0. The molecule has 2 unspecified atom stereocenters. The minimum atomic E-state index is -1.09. The Balaban J connectivity index is 1.98. The molecule has 35 heavy (non-hydrogen) atoms. The second kappa shape index (κ2) is 10.2. The summed E-state index contributed by atoms with van der Waals surface area (Å²) in [6.07, 6.45) is 6.02. The molecular weight excluding hydrogens is 448 g/mol. The van der Waals surface area contributed by atoms with Crippen molar-refractivity contribution in [3.8, 4) is 0 Å². The van der Waals surface area contributed by atoms with Crippen LogP contribution in [0, 0.1) is 17.3 Å². The van der Waals surface area contributed by atoms with Gasteiger partial charge in [0.15, 0.2) is 0 Å². The second-order valence-corrected chi connectivity index (χ2v) is 12.4. The van der Waals surface area contributed by atoms with E-state index in [9.17, 15) is 19.5 Å². The van der Waals surface area contributed by atoms with Crippen LogP contribution in [0.2, 0.25) is 0 Å². The third-order valence-corrected chi connectivity index (χ3v) is 7.90. The van der Waals surface area contributed by atoms with Crippen molar-refractivity contribution in [3.05, 3.63) is 12.7 Å². The number of carbonyl (C=O) groups is 3. The molecule has 1 spiro atoms. The maximum atomic E-state index is 14.4. The summed E-state index contributed by atoms with van der Waals surface area (Å²) in [5.74, 6) is -3.23. The summed E-state index contributed by atoms with van der Waals surface area (Å²) in [6.45, 7) is 15.2. The van der Waals surface area contributed by atoms with Gasteiger partial charge in [0, 0.05) is 25.2 Å². The third-order valence-electron chi connectivity index (χ3n) is 7.90. The molecule has 0 saturated carbocycles. The first-order valence-electron chi connectivity index (χ1n) is 13.0. The summed E-state index contributed by atoms with van der Waals surface area (Å²) in [5, 5.41) is 19.0. The molecule has 2 bridgehead atoms. The van der Waals surface area contributed by atoms with E-state index in [-0.39, 0.29) is 23.8 Å². The van der Waals surface area contributed by atoms with E-state index in [1.54, 1.807) is 11.0 Å². The molecule has 0 aromatic rings. The number of rotatable bonds is 12. The Morgan fingerprint density at radius 3 is 2.43 bits per heavy atom. The Bertz CT molecular complexity index is 834. The first-order chi connectivity index (χ1) is 16.3. The van der Waals surface area contributed by atoms with Gasteiger partial charge < -0.3 is 24.7 Å². The van der Waals surface area contributed by atoms with Gasteiger partial charge in [-0.15, -0.1) is 6.58 Å². The smallest absolute Gasteiger partial charge is 0.310 e. The Kier molecular flexibility index (Phi) is 8.07. The minimum absolute atomic E-state index is 0.0291. The summed E-state index contributed by atoms with van der Waals surface area (Å²) in [6, 6.07) is -0.841. The van der Waals surface area contributed by atoms with Crippen LogP contribution < -0.4 is 0 Å². The molecule has 0 aromatic carbocycles. The number of aliphatic hydroxyl groups excluding tert-OH is 1. The number of carboxylic acids is 1. The van der Waals surface area contributed by atoms with Gasteiger partial charge in [0.05, 0.1) is 17.9 Å². The lowest BCUT2D eigenvalue weighted by Crippen LogP contribution is -2.61. The Morgan fingerprint density at radius 2 is 1.86 bits per heavy atom. The number of aliphatic hydroxyl groups is 1. The van der Waals surface area contributed by atoms with Crippen molar-refractivity contribution in [1.29, 1.82) is 0 Å². The summed E-state index contributed by atoms with van der Waals surface area (Å²) in [7, 11) is 0. The molecular formula is C27H44N2O6. The maximum absolute atomic E-state index is 14.4. The summed E-state index contributed by atoms with van der Waals surface area (Å²) < 4.78 is 6.33. The molecule has 3 fully saturated rings. The van der Waals surface area contributed by atoms with Crippen LogP contribution in [0.1, 0.15) is 79.6 Å². The van der Waals surface area contributed by atoms with Crippen molar-refractivity contribution in [1.82, 2.24) is 9.80 Å². The molecule has 8 heteroatoms. The molecule has 198 valence electrons. The van der Waals surface area contributed by atoms with Crippen LogP contribution in [0.15, 0.2) is 12.7 Å². The molecule has 2 amide bonds. The van der Waals surface area contributed by atoms with E-state index in [1.165, 1.54) is 0 Å². The predicted octanol–water partition coefficient (Wildman–Crippen LogP) is 3.23. The van der Waals surface area contributed by atoms with Gasteiger partial charge >= 0.3 is 5.97 Å². The highest BCUT2D eigenvalue weighted by molar-refractivity contribution is 5.98. The van der Waals surface area contributed by atoms with E-state index in [0.717, 1.165) is 19.3 Å². The van der Waals surface area contributed by atoms with Crippen molar-refractivity contribution < 1.29 is 29.3 Å². The van der Waals surface area contributed by atoms with Gasteiger partial charge in [-0.2, -0.15) is 0 Å². The lowest BCUT2D eigenvalue weighted by atomic mass is 9.70. The number of hydrogen-bond acceptors (Lipinski definition) is 5. The molecule has 8 nitrogen and oxygen atoms in total. The van der Waals surface area contributed by atoms with Gasteiger partial charge in [0.25, 0.3) is 0 Å². The zero-order valence-corrected chi connectivity index (χ0v) is 22.1. The molecule has 3 saturated heterocycles. The number of unbranched alkanes of at least 4 members (excludes halogenated alkanes) is 3. The van der Waals surface area contributed by atoms with E-state index < -0.39 is 41.1 Å².